The first-order valence-corrected chi connectivity index (χ1v) is 6.20. The zero-order valence-corrected chi connectivity index (χ0v) is 10.1. The van der Waals surface area contributed by atoms with Gasteiger partial charge in [0.05, 0.1) is 6.54 Å². The summed E-state index contributed by atoms with van der Waals surface area (Å²) in [6.45, 7) is 3.20. The molecule has 2 heterocycles. The van der Waals surface area contributed by atoms with Gasteiger partial charge in [-0.05, 0) is 24.1 Å². The van der Waals surface area contributed by atoms with Crippen molar-refractivity contribution >= 4 is 5.91 Å². The Morgan fingerprint density at radius 2 is 2.17 bits per heavy atom. The van der Waals surface area contributed by atoms with E-state index in [1.54, 1.807) is 0 Å². The highest BCUT2D eigenvalue weighted by Crippen LogP contribution is 2.32. The molecule has 96 valence electrons. The molecule has 2 aliphatic rings. The van der Waals surface area contributed by atoms with Crippen LogP contribution >= 0.6 is 0 Å². The fourth-order valence-corrected chi connectivity index (χ4v) is 2.24. The van der Waals surface area contributed by atoms with Crippen LogP contribution in [0.25, 0.3) is 0 Å². The number of carbonyl (C=O) groups is 1. The van der Waals surface area contributed by atoms with Crippen LogP contribution in [0.1, 0.15) is 5.56 Å². The predicted octanol–water partition coefficient (Wildman–Crippen LogP) is 0.390. The Morgan fingerprint density at radius 3 is 3.06 bits per heavy atom. The number of benzene rings is 1. The zero-order valence-electron chi connectivity index (χ0n) is 10.1. The minimum Gasteiger partial charge on any atom is -0.454 e. The third-order valence-electron chi connectivity index (χ3n) is 3.29. The Labute approximate surface area is 106 Å². The molecule has 3 rings (SSSR count). The van der Waals surface area contributed by atoms with E-state index in [1.807, 2.05) is 23.1 Å². The predicted molar refractivity (Wildman–Crippen MR) is 65.7 cm³/mol. The van der Waals surface area contributed by atoms with E-state index >= 15 is 0 Å². The number of amides is 1. The van der Waals surface area contributed by atoms with Crippen LogP contribution in [0.3, 0.4) is 0 Å². The van der Waals surface area contributed by atoms with Gasteiger partial charge in [0, 0.05) is 19.6 Å². The normalized spacial score (nSPS) is 18.2. The van der Waals surface area contributed by atoms with Gasteiger partial charge in [-0.1, -0.05) is 6.07 Å². The van der Waals surface area contributed by atoms with E-state index < -0.39 is 0 Å². The Morgan fingerprint density at radius 1 is 1.28 bits per heavy atom. The molecule has 5 nitrogen and oxygen atoms in total. The first kappa shape index (κ1) is 11.3. The summed E-state index contributed by atoms with van der Waals surface area (Å²) in [4.78, 5) is 13.5. The first-order chi connectivity index (χ1) is 8.83. The lowest BCUT2D eigenvalue weighted by atomic mass is 10.1. The van der Waals surface area contributed by atoms with Crippen molar-refractivity contribution in [2.24, 2.45) is 0 Å². The smallest absolute Gasteiger partial charge is 0.236 e. The summed E-state index contributed by atoms with van der Waals surface area (Å²) in [6.07, 6.45) is 0.850. The molecular weight excluding hydrogens is 232 g/mol. The number of rotatable bonds is 3. The second-order valence-corrected chi connectivity index (χ2v) is 4.50. The highest BCUT2D eigenvalue weighted by molar-refractivity contribution is 5.79. The van der Waals surface area contributed by atoms with Gasteiger partial charge < -0.3 is 19.7 Å². The fraction of sp³-hybridized carbons (Fsp3) is 0.462. The molecule has 1 amide bonds. The average Bonchev–Trinajstić information content (AvgIpc) is 2.85. The molecule has 0 aliphatic carbocycles. The summed E-state index contributed by atoms with van der Waals surface area (Å²) in [5.74, 6) is 1.79. The highest BCUT2D eigenvalue weighted by Gasteiger charge is 2.18. The third-order valence-corrected chi connectivity index (χ3v) is 3.29. The molecule has 0 unspecified atom stereocenters. The maximum atomic E-state index is 11.6. The second kappa shape index (κ2) is 4.86. The van der Waals surface area contributed by atoms with Gasteiger partial charge in [0.25, 0.3) is 0 Å². The summed E-state index contributed by atoms with van der Waals surface area (Å²) in [6, 6.07) is 5.95. The molecular formula is C13H16N2O3. The number of nitrogens with one attached hydrogen (secondary N) is 1. The minimum atomic E-state index is 0.182. The van der Waals surface area contributed by atoms with E-state index in [0.29, 0.717) is 13.3 Å². The van der Waals surface area contributed by atoms with Gasteiger partial charge in [-0.25, -0.2) is 0 Å². The van der Waals surface area contributed by atoms with Crippen LogP contribution in [0.2, 0.25) is 0 Å². The fourth-order valence-electron chi connectivity index (χ4n) is 2.24. The standard InChI is InChI=1S/C13H16N2O3/c16-13-8-14-4-6-15(13)5-3-10-1-2-11-12(7-10)18-9-17-11/h1-2,7,14H,3-6,8-9H2. The maximum Gasteiger partial charge on any atom is 0.236 e. The van der Waals surface area contributed by atoms with E-state index in [0.717, 1.165) is 37.6 Å². The summed E-state index contributed by atoms with van der Waals surface area (Å²) >= 11 is 0. The Hall–Kier alpha value is -1.75. The van der Waals surface area contributed by atoms with Crippen molar-refractivity contribution in [1.29, 1.82) is 0 Å². The number of hydrogen-bond donors (Lipinski definition) is 1. The van der Waals surface area contributed by atoms with Gasteiger partial charge in [-0.3, -0.25) is 4.79 Å². The van der Waals surface area contributed by atoms with E-state index in [2.05, 4.69) is 5.32 Å². The molecule has 5 heteroatoms. The molecule has 18 heavy (non-hydrogen) atoms. The lowest BCUT2D eigenvalue weighted by molar-refractivity contribution is -0.131. The highest BCUT2D eigenvalue weighted by atomic mass is 16.7. The van der Waals surface area contributed by atoms with Gasteiger partial charge >= 0.3 is 0 Å². The van der Waals surface area contributed by atoms with Crippen molar-refractivity contribution in [1.82, 2.24) is 10.2 Å². The van der Waals surface area contributed by atoms with Crippen molar-refractivity contribution in [3.63, 3.8) is 0 Å². The van der Waals surface area contributed by atoms with Crippen LogP contribution in [-0.4, -0.2) is 43.8 Å². The van der Waals surface area contributed by atoms with Crippen LogP contribution in [0.5, 0.6) is 11.5 Å². The number of fused-ring (bicyclic) bond motifs is 1. The lowest BCUT2D eigenvalue weighted by Crippen LogP contribution is -2.48. The number of piperazine rings is 1. The Balaban J connectivity index is 1.61. The zero-order chi connectivity index (χ0) is 12.4. The number of hydrogen-bond acceptors (Lipinski definition) is 4. The molecule has 0 saturated carbocycles. The van der Waals surface area contributed by atoms with E-state index in [1.165, 1.54) is 5.56 Å². The first-order valence-electron chi connectivity index (χ1n) is 6.20. The van der Waals surface area contributed by atoms with Crippen molar-refractivity contribution in [3.05, 3.63) is 23.8 Å². The molecule has 0 aromatic heterocycles. The van der Waals surface area contributed by atoms with Crippen molar-refractivity contribution in [2.45, 2.75) is 6.42 Å². The van der Waals surface area contributed by atoms with Crippen LogP contribution < -0.4 is 14.8 Å². The van der Waals surface area contributed by atoms with E-state index in [4.69, 9.17) is 9.47 Å². The SMILES string of the molecule is O=C1CNCCN1CCc1ccc2c(c1)OCO2. The number of nitrogens with zero attached hydrogens (tertiary/aromatic N) is 1. The number of carbonyl (C=O) groups excluding carboxylic acids is 1. The van der Waals surface area contributed by atoms with E-state index in [-0.39, 0.29) is 5.91 Å². The van der Waals surface area contributed by atoms with Gasteiger partial charge in [0.15, 0.2) is 11.5 Å². The molecule has 0 spiro atoms. The third kappa shape index (κ3) is 2.26. The lowest BCUT2D eigenvalue weighted by Gasteiger charge is -2.27. The Bertz CT molecular complexity index is 462. The minimum absolute atomic E-state index is 0.182. The quantitative estimate of drug-likeness (QED) is 0.840. The van der Waals surface area contributed by atoms with Gasteiger partial charge in [-0.15, -0.1) is 0 Å². The van der Waals surface area contributed by atoms with Crippen molar-refractivity contribution in [2.75, 3.05) is 33.0 Å². The maximum absolute atomic E-state index is 11.6. The molecule has 1 aromatic rings. The van der Waals surface area contributed by atoms with Crippen molar-refractivity contribution < 1.29 is 14.3 Å². The molecule has 1 aromatic carbocycles. The number of ether oxygens (including phenoxy) is 2. The van der Waals surface area contributed by atoms with Crippen LogP contribution in [0.4, 0.5) is 0 Å². The van der Waals surface area contributed by atoms with Gasteiger partial charge in [0.2, 0.25) is 12.7 Å². The molecule has 0 radical (unpaired) electrons. The van der Waals surface area contributed by atoms with Crippen molar-refractivity contribution in [3.8, 4) is 11.5 Å². The molecule has 0 atom stereocenters. The largest absolute Gasteiger partial charge is 0.454 e. The molecule has 0 bridgehead atoms. The van der Waals surface area contributed by atoms with Gasteiger partial charge in [-0.2, -0.15) is 0 Å². The summed E-state index contributed by atoms with van der Waals surface area (Å²) < 4.78 is 10.6. The monoisotopic (exact) mass is 248 g/mol. The topological polar surface area (TPSA) is 50.8 Å². The Kier molecular flexibility index (Phi) is 3.06. The molecule has 1 N–H and O–H groups in total. The van der Waals surface area contributed by atoms with Crippen LogP contribution in [0, 0.1) is 0 Å². The molecule has 2 aliphatic heterocycles. The van der Waals surface area contributed by atoms with E-state index in [9.17, 15) is 4.79 Å². The second-order valence-electron chi connectivity index (χ2n) is 4.50. The van der Waals surface area contributed by atoms with Gasteiger partial charge in [0.1, 0.15) is 0 Å². The van der Waals surface area contributed by atoms with Crippen LogP contribution in [0.15, 0.2) is 18.2 Å². The molecule has 1 fully saturated rings. The van der Waals surface area contributed by atoms with Crippen LogP contribution in [-0.2, 0) is 11.2 Å². The average molecular weight is 248 g/mol. The summed E-state index contributed by atoms with van der Waals surface area (Å²) in [5.41, 5.74) is 1.17. The summed E-state index contributed by atoms with van der Waals surface area (Å²) in [7, 11) is 0. The summed E-state index contributed by atoms with van der Waals surface area (Å²) in [5, 5.41) is 3.07. The molecule has 1 saturated heterocycles.